The predicted octanol–water partition coefficient (Wildman–Crippen LogP) is 2.37. The number of imidazole rings is 1. The molecule has 9 nitrogen and oxygen atoms in total. The average Bonchev–Trinajstić information content (AvgIpc) is 3.18. The molecule has 156 valence electrons. The van der Waals surface area contributed by atoms with E-state index in [9.17, 15) is 9.59 Å². The van der Waals surface area contributed by atoms with Gasteiger partial charge in [0.15, 0.2) is 11.3 Å². The van der Waals surface area contributed by atoms with E-state index < -0.39 is 5.97 Å². The summed E-state index contributed by atoms with van der Waals surface area (Å²) in [5, 5.41) is 4.35. The van der Waals surface area contributed by atoms with E-state index in [0.29, 0.717) is 17.3 Å². The van der Waals surface area contributed by atoms with Gasteiger partial charge < -0.3 is 19.3 Å². The van der Waals surface area contributed by atoms with Crippen molar-refractivity contribution in [2.75, 3.05) is 37.7 Å². The third kappa shape index (κ3) is 4.19. The van der Waals surface area contributed by atoms with Crippen molar-refractivity contribution in [2.45, 2.75) is 13.8 Å². The maximum Gasteiger partial charge on any atom is 0.358 e. The molecule has 3 heterocycles. The standard InChI is InChI=1S/C21H23N5O4/c1-3-29-21(28)18-14-26-19(22-18)8-9-20(23-26)30-17-6-4-16(5-7-17)25-12-10-24(11-13-25)15(2)27/h4-9,14H,3,10-13H2,1-2H3. The lowest BCUT2D eigenvalue weighted by Gasteiger charge is -2.35. The van der Waals surface area contributed by atoms with Crippen LogP contribution in [0.25, 0.3) is 5.65 Å². The Hall–Kier alpha value is -3.62. The molecule has 0 atom stereocenters. The van der Waals surface area contributed by atoms with Gasteiger partial charge in [-0.2, -0.15) is 0 Å². The van der Waals surface area contributed by atoms with E-state index in [1.807, 2.05) is 29.2 Å². The van der Waals surface area contributed by atoms with Gasteiger partial charge in [-0.25, -0.2) is 14.3 Å². The first-order chi connectivity index (χ1) is 14.5. The zero-order valence-electron chi connectivity index (χ0n) is 16.9. The Labute approximate surface area is 173 Å². The number of carbonyl (C=O) groups excluding carboxylic acids is 2. The number of amides is 1. The lowest BCUT2D eigenvalue weighted by atomic mass is 10.2. The fraction of sp³-hybridized carbons (Fsp3) is 0.333. The Balaban J connectivity index is 1.42. The van der Waals surface area contributed by atoms with E-state index >= 15 is 0 Å². The molecule has 1 saturated heterocycles. The molecule has 1 amide bonds. The van der Waals surface area contributed by atoms with Crippen LogP contribution < -0.4 is 9.64 Å². The molecular formula is C21H23N5O4. The SMILES string of the molecule is CCOC(=O)c1cn2nc(Oc3ccc(N4CCN(C(C)=O)CC4)cc3)ccc2n1. The number of anilines is 1. The van der Waals surface area contributed by atoms with Crippen LogP contribution in [-0.4, -0.2) is 64.2 Å². The largest absolute Gasteiger partial charge is 0.461 e. The Morgan fingerprint density at radius 3 is 2.43 bits per heavy atom. The van der Waals surface area contributed by atoms with Crippen molar-refractivity contribution in [3.8, 4) is 11.6 Å². The number of nitrogens with zero attached hydrogens (tertiary/aromatic N) is 5. The van der Waals surface area contributed by atoms with Crippen molar-refractivity contribution in [2.24, 2.45) is 0 Å². The number of fused-ring (bicyclic) bond motifs is 1. The van der Waals surface area contributed by atoms with Crippen LogP contribution in [0.1, 0.15) is 24.3 Å². The van der Waals surface area contributed by atoms with E-state index in [0.717, 1.165) is 31.9 Å². The van der Waals surface area contributed by atoms with Gasteiger partial charge in [-0.1, -0.05) is 0 Å². The van der Waals surface area contributed by atoms with Crippen molar-refractivity contribution in [1.29, 1.82) is 0 Å². The summed E-state index contributed by atoms with van der Waals surface area (Å²) < 4.78 is 12.3. The number of benzene rings is 1. The van der Waals surface area contributed by atoms with E-state index in [4.69, 9.17) is 9.47 Å². The van der Waals surface area contributed by atoms with Gasteiger partial charge in [0.1, 0.15) is 5.75 Å². The second-order valence-electron chi connectivity index (χ2n) is 6.91. The third-order valence-electron chi connectivity index (χ3n) is 4.93. The molecule has 2 aromatic heterocycles. The van der Waals surface area contributed by atoms with Crippen LogP contribution in [-0.2, 0) is 9.53 Å². The molecular weight excluding hydrogens is 386 g/mol. The first-order valence-electron chi connectivity index (χ1n) is 9.85. The van der Waals surface area contributed by atoms with Gasteiger partial charge in [0.05, 0.1) is 12.8 Å². The third-order valence-corrected chi connectivity index (χ3v) is 4.93. The second-order valence-corrected chi connectivity index (χ2v) is 6.91. The molecule has 0 bridgehead atoms. The molecule has 0 N–H and O–H groups in total. The summed E-state index contributed by atoms with van der Waals surface area (Å²) >= 11 is 0. The minimum atomic E-state index is -0.481. The van der Waals surface area contributed by atoms with E-state index in [2.05, 4.69) is 15.0 Å². The van der Waals surface area contributed by atoms with Gasteiger partial charge in [0.2, 0.25) is 11.8 Å². The van der Waals surface area contributed by atoms with Crippen molar-refractivity contribution < 1.29 is 19.1 Å². The number of aromatic nitrogens is 3. The smallest absolute Gasteiger partial charge is 0.358 e. The summed E-state index contributed by atoms with van der Waals surface area (Å²) in [5.74, 6) is 0.678. The lowest BCUT2D eigenvalue weighted by Crippen LogP contribution is -2.48. The number of piperazine rings is 1. The van der Waals surface area contributed by atoms with E-state index in [1.54, 1.807) is 26.0 Å². The van der Waals surface area contributed by atoms with Crippen LogP contribution >= 0.6 is 0 Å². The first kappa shape index (κ1) is 19.7. The molecule has 30 heavy (non-hydrogen) atoms. The van der Waals surface area contributed by atoms with Crippen LogP contribution in [0, 0.1) is 0 Å². The Bertz CT molecular complexity index is 1050. The highest BCUT2D eigenvalue weighted by Gasteiger charge is 2.19. The summed E-state index contributed by atoms with van der Waals surface area (Å²) in [4.78, 5) is 31.6. The summed E-state index contributed by atoms with van der Waals surface area (Å²) in [6.45, 7) is 6.72. The number of carbonyl (C=O) groups is 2. The number of ether oxygens (including phenoxy) is 2. The molecule has 0 aliphatic carbocycles. The van der Waals surface area contributed by atoms with Crippen molar-refractivity contribution in [3.63, 3.8) is 0 Å². The Morgan fingerprint density at radius 2 is 1.77 bits per heavy atom. The molecule has 0 saturated carbocycles. The minimum Gasteiger partial charge on any atom is -0.461 e. The number of rotatable bonds is 5. The molecule has 0 spiro atoms. The van der Waals surface area contributed by atoms with Gasteiger partial charge in [-0.15, -0.1) is 5.10 Å². The van der Waals surface area contributed by atoms with Gasteiger partial charge in [0.25, 0.3) is 0 Å². The van der Waals surface area contributed by atoms with Gasteiger partial charge in [-0.3, -0.25) is 4.79 Å². The van der Waals surface area contributed by atoms with Crippen LogP contribution in [0.4, 0.5) is 5.69 Å². The summed E-state index contributed by atoms with van der Waals surface area (Å²) in [7, 11) is 0. The molecule has 4 rings (SSSR count). The second kappa shape index (κ2) is 8.40. The quantitative estimate of drug-likeness (QED) is 0.598. The minimum absolute atomic E-state index is 0.120. The maximum absolute atomic E-state index is 11.8. The van der Waals surface area contributed by atoms with Gasteiger partial charge in [-0.05, 0) is 37.3 Å². The fourth-order valence-electron chi connectivity index (χ4n) is 3.35. The number of hydrogen-bond donors (Lipinski definition) is 0. The predicted molar refractivity (Wildman–Crippen MR) is 110 cm³/mol. The highest BCUT2D eigenvalue weighted by Crippen LogP contribution is 2.24. The Morgan fingerprint density at radius 1 is 1.03 bits per heavy atom. The average molecular weight is 409 g/mol. The van der Waals surface area contributed by atoms with Crippen LogP contribution in [0.3, 0.4) is 0 Å². The molecule has 9 heteroatoms. The summed E-state index contributed by atoms with van der Waals surface area (Å²) in [6, 6.07) is 11.2. The maximum atomic E-state index is 11.8. The van der Waals surface area contributed by atoms with Crippen molar-refractivity contribution in [3.05, 3.63) is 48.3 Å². The van der Waals surface area contributed by atoms with E-state index in [1.165, 1.54) is 10.7 Å². The highest BCUT2D eigenvalue weighted by atomic mass is 16.5. The van der Waals surface area contributed by atoms with Crippen LogP contribution in [0.15, 0.2) is 42.6 Å². The van der Waals surface area contributed by atoms with Gasteiger partial charge >= 0.3 is 5.97 Å². The number of esters is 1. The Kier molecular flexibility index (Phi) is 5.51. The molecule has 0 unspecified atom stereocenters. The number of hydrogen-bond acceptors (Lipinski definition) is 7. The summed E-state index contributed by atoms with van der Waals surface area (Å²) in [6.07, 6.45) is 1.52. The van der Waals surface area contributed by atoms with Crippen LogP contribution in [0.2, 0.25) is 0 Å². The zero-order chi connectivity index (χ0) is 21.1. The molecule has 3 aromatic rings. The summed E-state index contributed by atoms with van der Waals surface area (Å²) in [5.41, 5.74) is 1.82. The van der Waals surface area contributed by atoms with Gasteiger partial charge in [0, 0.05) is 44.9 Å². The highest BCUT2D eigenvalue weighted by molar-refractivity contribution is 5.87. The fourth-order valence-corrected chi connectivity index (χ4v) is 3.35. The molecule has 0 radical (unpaired) electrons. The van der Waals surface area contributed by atoms with Crippen LogP contribution in [0.5, 0.6) is 11.6 Å². The first-order valence-corrected chi connectivity index (χ1v) is 9.85. The monoisotopic (exact) mass is 409 g/mol. The topological polar surface area (TPSA) is 89.3 Å². The van der Waals surface area contributed by atoms with E-state index in [-0.39, 0.29) is 18.2 Å². The zero-order valence-corrected chi connectivity index (χ0v) is 16.9. The molecule has 1 fully saturated rings. The normalized spacial score (nSPS) is 14.1. The van der Waals surface area contributed by atoms with Crippen molar-refractivity contribution in [1.82, 2.24) is 19.5 Å². The lowest BCUT2D eigenvalue weighted by molar-refractivity contribution is -0.129. The molecule has 1 aliphatic heterocycles. The van der Waals surface area contributed by atoms with Crippen molar-refractivity contribution >= 4 is 23.2 Å². The molecule has 1 aromatic carbocycles. The molecule has 1 aliphatic rings.